The Hall–Kier alpha value is -3.38. The molecule has 0 aliphatic heterocycles. The molecule has 1 unspecified atom stereocenters. The van der Waals surface area contributed by atoms with Gasteiger partial charge in [0.25, 0.3) is 0 Å². The van der Waals surface area contributed by atoms with E-state index in [-0.39, 0.29) is 11.3 Å². The molecule has 1 atom stereocenters. The molecule has 0 fully saturated rings. The summed E-state index contributed by atoms with van der Waals surface area (Å²) in [6.07, 6.45) is -1.31. The van der Waals surface area contributed by atoms with Gasteiger partial charge in [-0.25, -0.2) is 4.79 Å². The zero-order valence-corrected chi connectivity index (χ0v) is 14.8. The van der Waals surface area contributed by atoms with Crippen molar-refractivity contribution in [2.24, 2.45) is 0 Å². The van der Waals surface area contributed by atoms with E-state index in [0.29, 0.717) is 12.3 Å². The number of esters is 1. The van der Waals surface area contributed by atoms with Crippen LogP contribution in [0, 0.1) is 0 Å². The summed E-state index contributed by atoms with van der Waals surface area (Å²) >= 11 is 0. The number of carbonyl (C=O) groups excluding carboxylic acids is 1. The molecular weight excluding hydrogens is 346 g/mol. The smallest absolute Gasteiger partial charge is 0.336 e. The van der Waals surface area contributed by atoms with Crippen LogP contribution in [0.5, 0.6) is 5.75 Å². The third-order valence-corrected chi connectivity index (χ3v) is 3.97. The predicted molar refractivity (Wildman–Crippen MR) is 98.8 cm³/mol. The Morgan fingerprint density at radius 3 is 2.56 bits per heavy atom. The molecular formula is C21H19NO5. The molecule has 27 heavy (non-hydrogen) atoms. The van der Waals surface area contributed by atoms with E-state index in [0.717, 1.165) is 16.9 Å². The minimum atomic E-state index is -1.31. The zero-order valence-electron chi connectivity index (χ0n) is 14.8. The average molecular weight is 365 g/mol. The van der Waals surface area contributed by atoms with E-state index in [1.54, 1.807) is 6.07 Å². The van der Waals surface area contributed by atoms with Gasteiger partial charge in [0.15, 0.2) is 5.76 Å². The maximum Gasteiger partial charge on any atom is 0.336 e. The van der Waals surface area contributed by atoms with Crippen molar-refractivity contribution in [2.45, 2.75) is 12.7 Å². The fourth-order valence-electron chi connectivity index (χ4n) is 2.43. The molecule has 1 aromatic heterocycles. The maximum atomic E-state index is 11.4. The minimum Gasteiger partial charge on any atom is -0.489 e. The average Bonchev–Trinajstić information content (AvgIpc) is 3.22. The molecule has 0 aliphatic rings. The molecule has 138 valence electrons. The first-order valence-corrected chi connectivity index (χ1v) is 8.27. The predicted octanol–water partition coefficient (Wildman–Crippen LogP) is 3.68. The largest absolute Gasteiger partial charge is 0.489 e. The number of rotatable bonds is 7. The summed E-state index contributed by atoms with van der Waals surface area (Å²) in [5.74, 6) is 0.135. The highest BCUT2D eigenvalue weighted by atomic mass is 16.5. The quantitative estimate of drug-likeness (QED) is 0.508. The summed E-state index contributed by atoms with van der Waals surface area (Å²) in [4.78, 5) is 11.4. The normalized spacial score (nSPS) is 11.6. The van der Waals surface area contributed by atoms with E-state index in [2.05, 4.69) is 16.5 Å². The third kappa shape index (κ3) is 4.43. The fourth-order valence-corrected chi connectivity index (χ4v) is 2.43. The highest BCUT2D eigenvalue weighted by Gasteiger charge is 2.23. The standard InChI is InChI=1S/C21H19NO5/c1-14(21(24)25-2)20(23)19-12-18(22-27-19)16-8-10-17(11-9-16)26-13-15-6-4-3-5-7-15/h3-12,20,23H,1,13H2,2H3. The molecule has 6 heteroatoms. The number of benzene rings is 2. The first kappa shape index (κ1) is 18.4. The van der Waals surface area contributed by atoms with Crippen molar-refractivity contribution >= 4 is 5.97 Å². The van der Waals surface area contributed by atoms with Crippen molar-refractivity contribution in [1.29, 1.82) is 0 Å². The molecule has 3 rings (SSSR count). The molecule has 0 bridgehead atoms. The van der Waals surface area contributed by atoms with Crippen molar-refractivity contribution in [3.63, 3.8) is 0 Å². The molecule has 0 saturated heterocycles. The van der Waals surface area contributed by atoms with Crippen LogP contribution in [0.15, 0.2) is 77.3 Å². The Morgan fingerprint density at radius 2 is 1.89 bits per heavy atom. The van der Waals surface area contributed by atoms with Gasteiger partial charge in [-0.15, -0.1) is 0 Å². The van der Waals surface area contributed by atoms with E-state index in [1.807, 2.05) is 54.6 Å². The highest BCUT2D eigenvalue weighted by Crippen LogP contribution is 2.27. The van der Waals surface area contributed by atoms with Crippen LogP contribution < -0.4 is 4.74 Å². The zero-order chi connectivity index (χ0) is 19.2. The van der Waals surface area contributed by atoms with Crippen LogP contribution >= 0.6 is 0 Å². The maximum absolute atomic E-state index is 11.4. The number of ether oxygens (including phenoxy) is 2. The Labute approximate surface area is 156 Å². The number of hydrogen-bond acceptors (Lipinski definition) is 6. The van der Waals surface area contributed by atoms with Gasteiger partial charge >= 0.3 is 5.97 Å². The lowest BCUT2D eigenvalue weighted by molar-refractivity contribution is -0.137. The number of methoxy groups -OCH3 is 1. The Kier molecular flexibility index (Phi) is 5.68. The highest BCUT2D eigenvalue weighted by molar-refractivity contribution is 5.88. The monoisotopic (exact) mass is 365 g/mol. The summed E-state index contributed by atoms with van der Waals surface area (Å²) in [7, 11) is 1.22. The van der Waals surface area contributed by atoms with Gasteiger partial charge in [0, 0.05) is 11.6 Å². The van der Waals surface area contributed by atoms with E-state index in [4.69, 9.17) is 9.26 Å². The molecule has 0 amide bonds. The molecule has 0 radical (unpaired) electrons. The van der Waals surface area contributed by atoms with E-state index >= 15 is 0 Å². The molecule has 6 nitrogen and oxygen atoms in total. The number of aliphatic hydroxyl groups is 1. The van der Waals surface area contributed by atoms with Crippen LogP contribution in [0.25, 0.3) is 11.3 Å². The molecule has 0 spiro atoms. The Bertz CT molecular complexity index is 915. The van der Waals surface area contributed by atoms with E-state index < -0.39 is 12.1 Å². The van der Waals surface area contributed by atoms with Crippen LogP contribution in [0.3, 0.4) is 0 Å². The summed E-state index contributed by atoms with van der Waals surface area (Å²) in [6.45, 7) is 3.99. The van der Waals surface area contributed by atoms with Crippen LogP contribution in [-0.2, 0) is 16.1 Å². The van der Waals surface area contributed by atoms with Crippen LogP contribution in [0.2, 0.25) is 0 Å². The van der Waals surface area contributed by atoms with Crippen molar-refractivity contribution in [3.8, 4) is 17.0 Å². The number of aromatic nitrogens is 1. The summed E-state index contributed by atoms with van der Waals surface area (Å²) in [6, 6.07) is 18.8. The van der Waals surface area contributed by atoms with Gasteiger partial charge in [0.05, 0.1) is 12.7 Å². The number of hydrogen-bond donors (Lipinski definition) is 1. The van der Waals surface area contributed by atoms with Crippen LogP contribution in [0.1, 0.15) is 17.4 Å². The van der Waals surface area contributed by atoms with Gasteiger partial charge in [-0.05, 0) is 29.8 Å². The molecule has 1 heterocycles. The Morgan fingerprint density at radius 1 is 1.19 bits per heavy atom. The molecule has 1 N–H and O–H groups in total. The fraction of sp³-hybridized carbons (Fsp3) is 0.143. The van der Waals surface area contributed by atoms with Crippen molar-refractivity contribution < 1.29 is 23.9 Å². The van der Waals surface area contributed by atoms with Crippen molar-refractivity contribution in [2.75, 3.05) is 7.11 Å². The molecule has 3 aromatic rings. The minimum absolute atomic E-state index is 0.116. The molecule has 0 aliphatic carbocycles. The molecule has 0 saturated carbocycles. The second-order valence-corrected chi connectivity index (χ2v) is 5.83. The lowest BCUT2D eigenvalue weighted by atomic mass is 10.1. The number of nitrogens with zero attached hydrogens (tertiary/aromatic N) is 1. The lowest BCUT2D eigenvalue weighted by Crippen LogP contribution is -2.11. The van der Waals surface area contributed by atoms with Gasteiger partial charge in [-0.2, -0.15) is 0 Å². The van der Waals surface area contributed by atoms with E-state index in [1.165, 1.54) is 7.11 Å². The first-order valence-electron chi connectivity index (χ1n) is 8.27. The summed E-state index contributed by atoms with van der Waals surface area (Å²) in [5, 5.41) is 14.0. The van der Waals surface area contributed by atoms with Crippen molar-refractivity contribution in [1.82, 2.24) is 5.16 Å². The third-order valence-electron chi connectivity index (χ3n) is 3.97. The topological polar surface area (TPSA) is 81.8 Å². The number of carbonyl (C=O) groups is 1. The molecule has 2 aromatic carbocycles. The van der Waals surface area contributed by atoms with Gasteiger partial charge in [0.2, 0.25) is 0 Å². The van der Waals surface area contributed by atoms with Crippen LogP contribution in [0.4, 0.5) is 0 Å². The lowest BCUT2D eigenvalue weighted by Gasteiger charge is -2.07. The second kappa shape index (κ2) is 8.33. The first-order chi connectivity index (χ1) is 13.1. The van der Waals surface area contributed by atoms with Gasteiger partial charge in [-0.1, -0.05) is 42.1 Å². The van der Waals surface area contributed by atoms with Crippen LogP contribution in [-0.4, -0.2) is 23.3 Å². The van der Waals surface area contributed by atoms with Gasteiger partial charge in [0.1, 0.15) is 24.2 Å². The van der Waals surface area contributed by atoms with Gasteiger partial charge in [-0.3, -0.25) is 0 Å². The van der Waals surface area contributed by atoms with Crippen molar-refractivity contribution in [3.05, 3.63) is 84.1 Å². The number of aliphatic hydroxyl groups excluding tert-OH is 1. The van der Waals surface area contributed by atoms with E-state index in [9.17, 15) is 9.90 Å². The Balaban J connectivity index is 1.66. The summed E-state index contributed by atoms with van der Waals surface area (Å²) in [5.41, 5.74) is 2.27. The summed E-state index contributed by atoms with van der Waals surface area (Å²) < 4.78 is 15.4. The second-order valence-electron chi connectivity index (χ2n) is 5.83. The van der Waals surface area contributed by atoms with Gasteiger partial charge < -0.3 is 19.1 Å². The SMILES string of the molecule is C=C(C(=O)OC)C(O)c1cc(-c2ccc(OCc3ccccc3)cc2)no1.